The van der Waals surface area contributed by atoms with Gasteiger partial charge in [0.15, 0.2) is 5.75 Å². The Morgan fingerprint density at radius 3 is 2.93 bits per heavy atom. The lowest BCUT2D eigenvalue weighted by molar-refractivity contribution is -0.385. The predicted octanol–water partition coefficient (Wildman–Crippen LogP) is 3.10. The molecule has 0 radical (unpaired) electrons. The maximum Gasteiger partial charge on any atom is 0.312 e. The van der Waals surface area contributed by atoms with Crippen molar-refractivity contribution in [2.75, 3.05) is 18.6 Å². The summed E-state index contributed by atoms with van der Waals surface area (Å²) in [5, 5.41) is 10.7. The average Bonchev–Trinajstić information content (AvgIpc) is 2.20. The molecule has 1 aromatic rings. The number of ether oxygens (including phenoxy) is 1. The van der Waals surface area contributed by atoms with E-state index in [0.717, 1.165) is 5.75 Å². The highest BCUT2D eigenvalue weighted by molar-refractivity contribution is 9.10. The van der Waals surface area contributed by atoms with Crippen molar-refractivity contribution in [3.05, 3.63) is 32.8 Å². The number of nitro groups is 1. The molecule has 4 nitrogen and oxygen atoms in total. The number of hydrogen-bond acceptors (Lipinski definition) is 4. The largest absolute Gasteiger partial charge is 0.486 e. The van der Waals surface area contributed by atoms with E-state index in [9.17, 15) is 10.1 Å². The molecule has 0 aliphatic carbocycles. The van der Waals surface area contributed by atoms with Gasteiger partial charge in [0.25, 0.3) is 0 Å². The quantitative estimate of drug-likeness (QED) is 0.475. The Kier molecular flexibility index (Phi) is 4.90. The molecular weight excluding hydrogens is 282 g/mol. The summed E-state index contributed by atoms with van der Waals surface area (Å²) in [6, 6.07) is 4.76. The maximum absolute atomic E-state index is 10.7. The van der Waals surface area contributed by atoms with Gasteiger partial charge in [-0.15, -0.1) is 0 Å². The first kappa shape index (κ1) is 12.3. The van der Waals surface area contributed by atoms with E-state index in [1.807, 2.05) is 6.26 Å². The SMILES string of the molecule is CSCCOc1ccc(Br)cc1[N+](=O)[O-]. The van der Waals surface area contributed by atoms with Crippen molar-refractivity contribution in [1.82, 2.24) is 0 Å². The van der Waals surface area contributed by atoms with Crippen LogP contribution in [0.2, 0.25) is 0 Å². The molecule has 15 heavy (non-hydrogen) atoms. The number of hydrogen-bond donors (Lipinski definition) is 0. The molecule has 0 saturated carbocycles. The van der Waals surface area contributed by atoms with Gasteiger partial charge in [0.1, 0.15) is 0 Å². The number of nitrogens with zero attached hydrogens (tertiary/aromatic N) is 1. The lowest BCUT2D eigenvalue weighted by Crippen LogP contribution is -2.02. The molecular formula is C9H10BrNO3S. The summed E-state index contributed by atoms with van der Waals surface area (Å²) in [5.41, 5.74) is -0.00882. The van der Waals surface area contributed by atoms with Gasteiger partial charge in [-0.2, -0.15) is 11.8 Å². The average molecular weight is 292 g/mol. The van der Waals surface area contributed by atoms with Crippen molar-refractivity contribution < 1.29 is 9.66 Å². The summed E-state index contributed by atoms with van der Waals surface area (Å²) >= 11 is 4.82. The molecule has 0 atom stereocenters. The van der Waals surface area contributed by atoms with Crippen LogP contribution < -0.4 is 4.74 Å². The van der Waals surface area contributed by atoms with Crippen molar-refractivity contribution in [2.24, 2.45) is 0 Å². The highest BCUT2D eigenvalue weighted by Crippen LogP contribution is 2.29. The molecule has 0 bridgehead atoms. The fraction of sp³-hybridized carbons (Fsp3) is 0.333. The number of halogens is 1. The van der Waals surface area contributed by atoms with Crippen LogP contribution in [0.25, 0.3) is 0 Å². The lowest BCUT2D eigenvalue weighted by atomic mass is 10.3. The van der Waals surface area contributed by atoms with Crippen molar-refractivity contribution in [3.8, 4) is 5.75 Å². The van der Waals surface area contributed by atoms with Gasteiger partial charge in [0, 0.05) is 16.3 Å². The van der Waals surface area contributed by atoms with Gasteiger partial charge in [0.2, 0.25) is 0 Å². The van der Waals surface area contributed by atoms with Gasteiger partial charge in [-0.1, -0.05) is 15.9 Å². The molecule has 0 saturated heterocycles. The number of thioether (sulfide) groups is 1. The predicted molar refractivity (Wildman–Crippen MR) is 64.7 cm³/mol. The van der Waals surface area contributed by atoms with Crippen LogP contribution in [0.1, 0.15) is 0 Å². The molecule has 0 aliphatic heterocycles. The molecule has 1 aromatic carbocycles. The third kappa shape index (κ3) is 3.71. The third-order valence-corrected chi connectivity index (χ3v) is 2.73. The first-order valence-electron chi connectivity index (χ1n) is 4.21. The van der Waals surface area contributed by atoms with E-state index >= 15 is 0 Å². The molecule has 0 aliphatic rings. The number of benzene rings is 1. The molecule has 0 amide bonds. The summed E-state index contributed by atoms with van der Waals surface area (Å²) in [7, 11) is 0. The molecule has 6 heteroatoms. The summed E-state index contributed by atoms with van der Waals surface area (Å²) in [6.45, 7) is 0.476. The Morgan fingerprint density at radius 2 is 2.33 bits per heavy atom. The van der Waals surface area contributed by atoms with E-state index in [4.69, 9.17) is 4.74 Å². The summed E-state index contributed by atoms with van der Waals surface area (Å²) in [5.74, 6) is 1.13. The Morgan fingerprint density at radius 1 is 1.60 bits per heavy atom. The Bertz CT molecular complexity index is 359. The normalized spacial score (nSPS) is 10.0. The van der Waals surface area contributed by atoms with Crippen LogP contribution >= 0.6 is 27.7 Å². The second-order valence-corrected chi connectivity index (χ2v) is 4.61. The van der Waals surface area contributed by atoms with Crippen molar-refractivity contribution in [2.45, 2.75) is 0 Å². The standard InChI is InChI=1S/C9H10BrNO3S/c1-15-5-4-14-9-3-2-7(10)6-8(9)11(12)13/h2-3,6H,4-5H2,1H3. The fourth-order valence-corrected chi connectivity index (χ4v) is 1.59. The monoisotopic (exact) mass is 291 g/mol. The second-order valence-electron chi connectivity index (χ2n) is 2.71. The molecule has 0 spiro atoms. The van der Waals surface area contributed by atoms with E-state index in [-0.39, 0.29) is 5.69 Å². The van der Waals surface area contributed by atoms with Crippen LogP contribution in [-0.2, 0) is 0 Å². The molecule has 0 heterocycles. The van der Waals surface area contributed by atoms with Gasteiger partial charge < -0.3 is 4.74 Å². The summed E-state index contributed by atoms with van der Waals surface area (Å²) in [6.07, 6.45) is 1.96. The molecule has 0 fully saturated rings. The fourth-order valence-electron chi connectivity index (χ4n) is 0.990. The first-order chi connectivity index (χ1) is 7.15. The molecule has 0 unspecified atom stereocenters. The van der Waals surface area contributed by atoms with E-state index in [1.165, 1.54) is 6.07 Å². The Hall–Kier alpha value is -0.750. The zero-order valence-corrected chi connectivity index (χ0v) is 10.5. The molecule has 0 N–H and O–H groups in total. The molecule has 82 valence electrons. The minimum Gasteiger partial charge on any atom is -0.486 e. The van der Waals surface area contributed by atoms with Crippen LogP contribution in [0.4, 0.5) is 5.69 Å². The topological polar surface area (TPSA) is 52.4 Å². The number of nitro benzene ring substituents is 1. The van der Waals surface area contributed by atoms with E-state index in [2.05, 4.69) is 15.9 Å². The molecule has 0 aromatic heterocycles. The maximum atomic E-state index is 10.7. The minimum atomic E-state index is -0.445. The Labute approximate surface area is 100 Å². The zero-order valence-electron chi connectivity index (χ0n) is 8.10. The van der Waals surface area contributed by atoms with Crippen LogP contribution in [0.3, 0.4) is 0 Å². The lowest BCUT2D eigenvalue weighted by Gasteiger charge is -2.05. The second kappa shape index (κ2) is 5.97. The summed E-state index contributed by atoms with van der Waals surface area (Å²) < 4.78 is 5.98. The van der Waals surface area contributed by atoms with Crippen LogP contribution in [-0.4, -0.2) is 23.5 Å². The van der Waals surface area contributed by atoms with Crippen LogP contribution in [0, 0.1) is 10.1 Å². The van der Waals surface area contributed by atoms with E-state index in [1.54, 1.807) is 23.9 Å². The zero-order chi connectivity index (χ0) is 11.3. The van der Waals surface area contributed by atoms with Gasteiger partial charge in [-0.05, 0) is 18.4 Å². The molecule has 1 rings (SSSR count). The number of rotatable bonds is 5. The third-order valence-electron chi connectivity index (χ3n) is 1.66. The Balaban J connectivity index is 2.81. The van der Waals surface area contributed by atoms with Gasteiger partial charge in [-0.25, -0.2) is 0 Å². The minimum absolute atomic E-state index is 0.00882. The van der Waals surface area contributed by atoms with Crippen molar-refractivity contribution >= 4 is 33.4 Å². The highest BCUT2D eigenvalue weighted by atomic mass is 79.9. The first-order valence-corrected chi connectivity index (χ1v) is 6.39. The highest BCUT2D eigenvalue weighted by Gasteiger charge is 2.14. The van der Waals surface area contributed by atoms with Gasteiger partial charge >= 0.3 is 5.69 Å². The van der Waals surface area contributed by atoms with Crippen LogP contribution in [0.5, 0.6) is 5.75 Å². The van der Waals surface area contributed by atoms with Gasteiger partial charge in [0.05, 0.1) is 11.5 Å². The van der Waals surface area contributed by atoms with E-state index < -0.39 is 4.92 Å². The van der Waals surface area contributed by atoms with Crippen molar-refractivity contribution in [3.63, 3.8) is 0 Å². The van der Waals surface area contributed by atoms with Gasteiger partial charge in [-0.3, -0.25) is 10.1 Å². The van der Waals surface area contributed by atoms with Crippen molar-refractivity contribution in [1.29, 1.82) is 0 Å². The smallest absolute Gasteiger partial charge is 0.312 e. The van der Waals surface area contributed by atoms with E-state index in [0.29, 0.717) is 16.8 Å². The summed E-state index contributed by atoms with van der Waals surface area (Å²) in [4.78, 5) is 10.3. The van der Waals surface area contributed by atoms with Crippen LogP contribution in [0.15, 0.2) is 22.7 Å².